The smallest absolute Gasteiger partial charge is 0.317 e. The first-order chi connectivity index (χ1) is 8.69. The van der Waals surface area contributed by atoms with Crippen molar-refractivity contribution >= 4 is 6.03 Å². The third-order valence-corrected chi connectivity index (χ3v) is 2.67. The van der Waals surface area contributed by atoms with E-state index in [9.17, 15) is 9.18 Å². The van der Waals surface area contributed by atoms with Crippen molar-refractivity contribution in [3.05, 3.63) is 35.6 Å². The van der Waals surface area contributed by atoms with E-state index in [4.69, 9.17) is 5.11 Å². The lowest BCUT2D eigenvalue weighted by molar-refractivity contribution is 0.180. The second kappa shape index (κ2) is 7.66. The summed E-state index contributed by atoms with van der Waals surface area (Å²) in [5.74, 6) is -0.255. The summed E-state index contributed by atoms with van der Waals surface area (Å²) in [5, 5.41) is 11.5. The number of amides is 2. The summed E-state index contributed by atoms with van der Waals surface area (Å²) in [6.07, 6.45) is 0.453. The molecule has 0 aliphatic heterocycles. The molecule has 0 radical (unpaired) electrons. The molecule has 2 N–H and O–H groups in total. The zero-order valence-corrected chi connectivity index (χ0v) is 10.5. The Hall–Kier alpha value is -1.62. The fourth-order valence-electron chi connectivity index (χ4n) is 1.64. The average molecular weight is 254 g/mol. The summed E-state index contributed by atoms with van der Waals surface area (Å²) < 4.78 is 13.3. The van der Waals surface area contributed by atoms with Crippen molar-refractivity contribution in [2.45, 2.75) is 13.3 Å². The van der Waals surface area contributed by atoms with E-state index in [2.05, 4.69) is 5.32 Å². The van der Waals surface area contributed by atoms with Gasteiger partial charge in [-0.2, -0.15) is 0 Å². The molecule has 0 saturated heterocycles. The maximum absolute atomic E-state index is 13.3. The van der Waals surface area contributed by atoms with E-state index in [1.165, 1.54) is 11.0 Å². The molecule has 0 unspecified atom stereocenters. The standard InChI is InChI=1S/C13H19FN2O2/c1-2-16(9-10-17)13(18)15-8-7-11-5-3-4-6-12(11)14/h3-6,17H,2,7-10H2,1H3,(H,15,18). The van der Waals surface area contributed by atoms with Crippen LogP contribution in [0.4, 0.5) is 9.18 Å². The summed E-state index contributed by atoms with van der Waals surface area (Å²) in [4.78, 5) is 13.2. The molecule has 2 amide bonds. The van der Waals surface area contributed by atoms with Crippen molar-refractivity contribution in [1.82, 2.24) is 10.2 Å². The van der Waals surface area contributed by atoms with Crippen LogP contribution in [0.3, 0.4) is 0 Å². The number of carbonyl (C=O) groups excluding carboxylic acids is 1. The van der Waals surface area contributed by atoms with Crippen LogP contribution >= 0.6 is 0 Å². The molecular formula is C13H19FN2O2. The number of hydrogen-bond donors (Lipinski definition) is 2. The van der Waals surface area contributed by atoms with Crippen molar-refractivity contribution < 1.29 is 14.3 Å². The first-order valence-corrected chi connectivity index (χ1v) is 6.06. The fraction of sp³-hybridized carbons (Fsp3) is 0.462. The summed E-state index contributed by atoms with van der Waals surface area (Å²) >= 11 is 0. The summed E-state index contributed by atoms with van der Waals surface area (Å²) in [7, 11) is 0. The minimum Gasteiger partial charge on any atom is -0.395 e. The van der Waals surface area contributed by atoms with E-state index >= 15 is 0 Å². The highest BCUT2D eigenvalue weighted by Gasteiger charge is 2.09. The zero-order chi connectivity index (χ0) is 13.4. The molecule has 0 aliphatic carbocycles. The number of nitrogens with one attached hydrogen (secondary N) is 1. The number of aliphatic hydroxyl groups excluding tert-OH is 1. The van der Waals surface area contributed by atoms with E-state index in [1.54, 1.807) is 18.2 Å². The Bertz CT molecular complexity index is 385. The van der Waals surface area contributed by atoms with Gasteiger partial charge in [0.15, 0.2) is 0 Å². The Kier molecular flexibility index (Phi) is 6.14. The molecule has 4 nitrogen and oxygen atoms in total. The van der Waals surface area contributed by atoms with Gasteiger partial charge in [0.1, 0.15) is 5.82 Å². The van der Waals surface area contributed by atoms with Crippen LogP contribution in [-0.4, -0.2) is 42.3 Å². The first kappa shape index (κ1) is 14.4. The molecule has 1 rings (SSSR count). The SMILES string of the molecule is CCN(CCO)C(=O)NCCc1ccccc1F. The number of aliphatic hydroxyl groups is 1. The number of rotatable bonds is 6. The minimum absolute atomic E-state index is 0.0609. The van der Waals surface area contributed by atoms with Crippen LogP contribution in [0.1, 0.15) is 12.5 Å². The number of urea groups is 1. The number of nitrogens with zero attached hydrogens (tertiary/aromatic N) is 1. The number of carbonyl (C=O) groups is 1. The molecule has 0 aliphatic rings. The van der Waals surface area contributed by atoms with Gasteiger partial charge < -0.3 is 15.3 Å². The first-order valence-electron chi connectivity index (χ1n) is 6.06. The predicted molar refractivity (Wildman–Crippen MR) is 67.8 cm³/mol. The van der Waals surface area contributed by atoms with Crippen LogP contribution in [0.2, 0.25) is 0 Å². The molecule has 5 heteroatoms. The Balaban J connectivity index is 2.37. The molecule has 100 valence electrons. The average Bonchev–Trinajstić information content (AvgIpc) is 2.38. The van der Waals surface area contributed by atoms with Crippen molar-refractivity contribution in [3.8, 4) is 0 Å². The zero-order valence-electron chi connectivity index (χ0n) is 10.5. The van der Waals surface area contributed by atoms with Gasteiger partial charge in [-0.15, -0.1) is 0 Å². The van der Waals surface area contributed by atoms with Gasteiger partial charge in [-0.3, -0.25) is 0 Å². The molecule has 18 heavy (non-hydrogen) atoms. The van der Waals surface area contributed by atoms with Crippen LogP contribution in [0.25, 0.3) is 0 Å². The highest BCUT2D eigenvalue weighted by Crippen LogP contribution is 2.06. The van der Waals surface area contributed by atoms with Gasteiger partial charge in [-0.1, -0.05) is 18.2 Å². The van der Waals surface area contributed by atoms with Gasteiger partial charge in [0.05, 0.1) is 6.61 Å². The second-order valence-corrected chi connectivity index (χ2v) is 3.88. The van der Waals surface area contributed by atoms with Gasteiger partial charge in [-0.05, 0) is 25.0 Å². The van der Waals surface area contributed by atoms with Gasteiger partial charge in [0, 0.05) is 19.6 Å². The lowest BCUT2D eigenvalue weighted by atomic mass is 10.1. The molecule has 0 atom stereocenters. The molecule has 0 aromatic heterocycles. The van der Waals surface area contributed by atoms with E-state index in [0.717, 1.165) is 0 Å². The van der Waals surface area contributed by atoms with E-state index in [1.807, 2.05) is 6.92 Å². The maximum atomic E-state index is 13.3. The normalized spacial score (nSPS) is 10.2. The van der Waals surface area contributed by atoms with E-state index in [0.29, 0.717) is 31.6 Å². The predicted octanol–water partition coefficient (Wildman–Crippen LogP) is 1.39. The highest BCUT2D eigenvalue weighted by atomic mass is 19.1. The molecule has 0 bridgehead atoms. The third-order valence-electron chi connectivity index (χ3n) is 2.67. The molecule has 0 fully saturated rings. The molecule has 0 saturated carbocycles. The fourth-order valence-corrected chi connectivity index (χ4v) is 1.64. The van der Waals surface area contributed by atoms with E-state index < -0.39 is 0 Å². The summed E-state index contributed by atoms with van der Waals surface area (Å²) in [6.45, 7) is 3.00. The molecule has 1 aromatic carbocycles. The monoisotopic (exact) mass is 254 g/mol. The Morgan fingerprint density at radius 1 is 1.44 bits per heavy atom. The Labute approximate surface area is 106 Å². The molecule has 1 aromatic rings. The van der Waals surface area contributed by atoms with Crippen molar-refractivity contribution in [3.63, 3.8) is 0 Å². The van der Waals surface area contributed by atoms with Crippen LogP contribution in [0.15, 0.2) is 24.3 Å². The summed E-state index contributed by atoms with van der Waals surface area (Å²) in [5.41, 5.74) is 0.586. The summed E-state index contributed by atoms with van der Waals surface area (Å²) in [6, 6.07) is 6.28. The Morgan fingerprint density at radius 3 is 2.78 bits per heavy atom. The third kappa shape index (κ3) is 4.33. The maximum Gasteiger partial charge on any atom is 0.317 e. The quantitative estimate of drug-likeness (QED) is 0.806. The largest absolute Gasteiger partial charge is 0.395 e. The number of benzene rings is 1. The molecule has 0 heterocycles. The van der Waals surface area contributed by atoms with Crippen molar-refractivity contribution in [2.24, 2.45) is 0 Å². The highest BCUT2D eigenvalue weighted by molar-refractivity contribution is 5.74. The minimum atomic E-state index is -0.255. The number of halogens is 1. The number of hydrogen-bond acceptors (Lipinski definition) is 2. The Morgan fingerprint density at radius 2 is 2.17 bits per heavy atom. The van der Waals surface area contributed by atoms with Crippen molar-refractivity contribution in [2.75, 3.05) is 26.2 Å². The van der Waals surface area contributed by atoms with Crippen LogP contribution in [0, 0.1) is 5.82 Å². The van der Waals surface area contributed by atoms with Gasteiger partial charge in [-0.25, -0.2) is 9.18 Å². The van der Waals surface area contributed by atoms with Gasteiger partial charge >= 0.3 is 6.03 Å². The lowest BCUT2D eigenvalue weighted by Gasteiger charge is -2.20. The topological polar surface area (TPSA) is 52.6 Å². The number of likely N-dealkylation sites (N-methyl/N-ethyl adjacent to an activating group) is 1. The molecule has 0 spiro atoms. The van der Waals surface area contributed by atoms with Gasteiger partial charge in [0.2, 0.25) is 0 Å². The lowest BCUT2D eigenvalue weighted by Crippen LogP contribution is -2.42. The van der Waals surface area contributed by atoms with Crippen molar-refractivity contribution in [1.29, 1.82) is 0 Å². The molecular weight excluding hydrogens is 235 g/mol. The van der Waals surface area contributed by atoms with Gasteiger partial charge in [0.25, 0.3) is 0 Å². The second-order valence-electron chi connectivity index (χ2n) is 3.88. The van der Waals surface area contributed by atoms with Crippen LogP contribution in [0.5, 0.6) is 0 Å². The van der Waals surface area contributed by atoms with Crippen LogP contribution < -0.4 is 5.32 Å². The van der Waals surface area contributed by atoms with Crippen LogP contribution in [-0.2, 0) is 6.42 Å². The van der Waals surface area contributed by atoms with E-state index in [-0.39, 0.29) is 18.5 Å².